The summed E-state index contributed by atoms with van der Waals surface area (Å²) in [6, 6.07) is 14.9. The third-order valence-corrected chi connectivity index (χ3v) is 7.58. The van der Waals surface area contributed by atoms with Gasteiger partial charge in [0.1, 0.15) is 11.4 Å². The molecule has 2 aliphatic rings. The summed E-state index contributed by atoms with van der Waals surface area (Å²) in [5.74, 6) is 0.624. The van der Waals surface area contributed by atoms with E-state index in [1.165, 1.54) is 0 Å². The number of piperidine rings is 1. The van der Waals surface area contributed by atoms with E-state index in [0.29, 0.717) is 48.1 Å². The molecule has 0 radical (unpaired) electrons. The molecule has 35 heavy (non-hydrogen) atoms. The van der Waals surface area contributed by atoms with Gasteiger partial charge in [0.15, 0.2) is 6.10 Å². The van der Waals surface area contributed by atoms with Crippen LogP contribution in [0.15, 0.2) is 60.9 Å². The van der Waals surface area contributed by atoms with Gasteiger partial charge in [-0.3, -0.25) is 4.79 Å². The lowest BCUT2D eigenvalue weighted by Crippen LogP contribution is -2.49. The molecule has 4 heterocycles. The molecule has 1 saturated heterocycles. The van der Waals surface area contributed by atoms with Crippen LogP contribution in [0, 0.1) is 0 Å². The monoisotopic (exact) mass is 507 g/mol. The molecular formula is C27H23Cl2N3O3. The summed E-state index contributed by atoms with van der Waals surface area (Å²) in [5, 5.41) is 13.4. The Kier molecular flexibility index (Phi) is 5.48. The summed E-state index contributed by atoms with van der Waals surface area (Å²) in [7, 11) is 0. The number of nitrogens with one attached hydrogen (secondary N) is 1. The number of rotatable bonds is 3. The minimum Gasteiger partial charge on any atom is -0.479 e. The topological polar surface area (TPSA) is 78.5 Å². The number of carbonyl (C=O) groups excluding carboxylic acids is 1. The number of fused-ring (bicyclic) bond motifs is 2. The average Bonchev–Trinajstić information content (AvgIpc) is 3.51. The predicted molar refractivity (Wildman–Crippen MR) is 136 cm³/mol. The van der Waals surface area contributed by atoms with Crippen molar-refractivity contribution in [3.8, 4) is 16.9 Å². The Morgan fingerprint density at radius 2 is 1.83 bits per heavy atom. The minimum absolute atomic E-state index is 0.0667. The third kappa shape index (κ3) is 3.96. The number of benzene rings is 2. The summed E-state index contributed by atoms with van der Waals surface area (Å²) in [6.07, 6.45) is 4.35. The van der Waals surface area contributed by atoms with Crippen LogP contribution in [0.2, 0.25) is 10.0 Å². The number of nitrogens with zero attached hydrogens (tertiary/aromatic N) is 2. The number of pyridine rings is 1. The van der Waals surface area contributed by atoms with Gasteiger partial charge in [-0.05, 0) is 60.4 Å². The molecule has 0 bridgehead atoms. The number of carbonyl (C=O) groups is 1. The summed E-state index contributed by atoms with van der Waals surface area (Å²) in [5.41, 5.74) is 3.36. The van der Waals surface area contributed by atoms with Gasteiger partial charge in [0.2, 0.25) is 0 Å². The van der Waals surface area contributed by atoms with Crippen molar-refractivity contribution in [3.05, 3.63) is 82.1 Å². The van der Waals surface area contributed by atoms with Crippen LogP contribution in [0.5, 0.6) is 5.75 Å². The first-order valence-electron chi connectivity index (χ1n) is 11.6. The number of aromatic amines is 1. The van der Waals surface area contributed by atoms with Crippen LogP contribution in [-0.2, 0) is 16.8 Å². The highest BCUT2D eigenvalue weighted by molar-refractivity contribution is 6.31. The smallest absolute Gasteiger partial charge is 0.263 e. The zero-order chi connectivity index (χ0) is 24.2. The maximum absolute atomic E-state index is 13.4. The van der Waals surface area contributed by atoms with Gasteiger partial charge in [-0.25, -0.2) is 4.98 Å². The number of aromatic nitrogens is 2. The number of likely N-dealkylation sites (tertiary alicyclic amines) is 1. The molecular weight excluding hydrogens is 485 g/mol. The Balaban J connectivity index is 1.22. The van der Waals surface area contributed by atoms with E-state index in [4.69, 9.17) is 27.9 Å². The second kappa shape index (κ2) is 8.55. The van der Waals surface area contributed by atoms with Crippen LogP contribution < -0.4 is 4.74 Å². The van der Waals surface area contributed by atoms with Crippen LogP contribution >= 0.6 is 23.2 Å². The standard InChI is InChI=1S/C27H23Cl2N3O3/c28-18-3-1-17(2-4-18)27(34)7-11-32(12-8-27)26(33)23-14-16-13-19(29)15-22(24(16)35-23)20-5-9-30-25-21(20)6-10-31-25/h1-6,9-10,13,15,23,34H,7-8,11-12,14H2,(H,30,31). The van der Waals surface area contributed by atoms with E-state index in [1.807, 2.05) is 42.6 Å². The highest BCUT2D eigenvalue weighted by Gasteiger charge is 2.40. The van der Waals surface area contributed by atoms with Crippen molar-refractivity contribution in [2.24, 2.45) is 0 Å². The Bertz CT molecular complexity index is 1430. The van der Waals surface area contributed by atoms with Crippen molar-refractivity contribution < 1.29 is 14.6 Å². The molecule has 2 aromatic carbocycles. The lowest BCUT2D eigenvalue weighted by atomic mass is 9.84. The SMILES string of the molecule is O=C(C1Cc2cc(Cl)cc(-c3ccnc4[nH]ccc34)c2O1)N1CCC(O)(c2ccc(Cl)cc2)CC1. The maximum atomic E-state index is 13.4. The summed E-state index contributed by atoms with van der Waals surface area (Å²) >= 11 is 12.5. The molecule has 6 nitrogen and oxygen atoms in total. The summed E-state index contributed by atoms with van der Waals surface area (Å²) in [4.78, 5) is 22.7. The van der Waals surface area contributed by atoms with Crippen LogP contribution in [-0.4, -0.2) is 45.1 Å². The van der Waals surface area contributed by atoms with Crippen molar-refractivity contribution in [3.63, 3.8) is 0 Å². The zero-order valence-electron chi connectivity index (χ0n) is 18.8. The highest BCUT2D eigenvalue weighted by atomic mass is 35.5. The Hall–Kier alpha value is -3.06. The van der Waals surface area contributed by atoms with E-state index < -0.39 is 11.7 Å². The molecule has 2 N–H and O–H groups in total. The average molecular weight is 508 g/mol. The maximum Gasteiger partial charge on any atom is 0.263 e. The van der Waals surface area contributed by atoms with Gasteiger partial charge in [0, 0.05) is 58.5 Å². The summed E-state index contributed by atoms with van der Waals surface area (Å²) in [6.45, 7) is 0.909. The molecule has 6 rings (SSSR count). The fraction of sp³-hybridized carbons (Fsp3) is 0.259. The number of hydrogen-bond donors (Lipinski definition) is 2. The highest BCUT2D eigenvalue weighted by Crippen LogP contribution is 2.43. The first-order chi connectivity index (χ1) is 16.9. The van der Waals surface area contributed by atoms with Gasteiger partial charge in [-0.2, -0.15) is 0 Å². The third-order valence-electron chi connectivity index (χ3n) is 7.11. The summed E-state index contributed by atoms with van der Waals surface area (Å²) < 4.78 is 6.28. The molecule has 0 saturated carbocycles. The molecule has 1 fully saturated rings. The predicted octanol–water partition coefficient (Wildman–Crippen LogP) is 5.35. The molecule has 4 aromatic rings. The van der Waals surface area contributed by atoms with Gasteiger partial charge in [0.05, 0.1) is 5.60 Å². The van der Waals surface area contributed by atoms with Crippen molar-refractivity contribution in [2.45, 2.75) is 31.0 Å². The van der Waals surface area contributed by atoms with E-state index in [-0.39, 0.29) is 5.91 Å². The van der Waals surface area contributed by atoms with Crippen LogP contribution in [0.1, 0.15) is 24.0 Å². The number of ether oxygens (including phenoxy) is 1. The first-order valence-corrected chi connectivity index (χ1v) is 12.4. The second-order valence-corrected chi connectivity index (χ2v) is 10.1. The minimum atomic E-state index is -0.967. The van der Waals surface area contributed by atoms with Gasteiger partial charge in [-0.1, -0.05) is 35.3 Å². The van der Waals surface area contributed by atoms with Crippen molar-refractivity contribution in [2.75, 3.05) is 13.1 Å². The van der Waals surface area contributed by atoms with Crippen molar-refractivity contribution in [1.82, 2.24) is 14.9 Å². The molecule has 1 atom stereocenters. The zero-order valence-corrected chi connectivity index (χ0v) is 20.3. The molecule has 2 aromatic heterocycles. The lowest BCUT2D eigenvalue weighted by Gasteiger charge is -2.39. The second-order valence-electron chi connectivity index (χ2n) is 9.21. The Morgan fingerprint density at radius 3 is 2.60 bits per heavy atom. The molecule has 0 spiro atoms. The van der Waals surface area contributed by atoms with Gasteiger partial charge in [0.25, 0.3) is 5.91 Å². The first kappa shape index (κ1) is 22.4. The van der Waals surface area contributed by atoms with E-state index in [9.17, 15) is 9.90 Å². The number of hydrogen-bond acceptors (Lipinski definition) is 4. The lowest BCUT2D eigenvalue weighted by molar-refractivity contribution is -0.142. The largest absolute Gasteiger partial charge is 0.479 e. The van der Waals surface area contributed by atoms with Crippen LogP contribution in [0.25, 0.3) is 22.2 Å². The van der Waals surface area contributed by atoms with Crippen LogP contribution in [0.4, 0.5) is 0 Å². The van der Waals surface area contributed by atoms with Gasteiger partial charge in [-0.15, -0.1) is 0 Å². The molecule has 8 heteroatoms. The fourth-order valence-electron chi connectivity index (χ4n) is 5.21. The van der Waals surface area contributed by atoms with Gasteiger partial charge >= 0.3 is 0 Å². The number of halogens is 2. The molecule has 2 aliphatic heterocycles. The van der Waals surface area contributed by atoms with E-state index in [1.54, 1.807) is 23.2 Å². The number of amides is 1. The molecule has 0 aliphatic carbocycles. The normalized spacial score (nSPS) is 18.9. The molecule has 1 amide bonds. The number of H-pyrrole nitrogens is 1. The Morgan fingerprint density at radius 1 is 1.06 bits per heavy atom. The Labute approximate surface area is 212 Å². The number of aliphatic hydroxyl groups is 1. The molecule has 1 unspecified atom stereocenters. The quantitative estimate of drug-likeness (QED) is 0.391. The fourth-order valence-corrected chi connectivity index (χ4v) is 5.57. The van der Waals surface area contributed by atoms with E-state index in [0.717, 1.165) is 33.3 Å². The van der Waals surface area contributed by atoms with Gasteiger partial charge < -0.3 is 19.7 Å². The van der Waals surface area contributed by atoms with E-state index >= 15 is 0 Å². The van der Waals surface area contributed by atoms with Crippen LogP contribution in [0.3, 0.4) is 0 Å². The van der Waals surface area contributed by atoms with E-state index in [2.05, 4.69) is 9.97 Å². The van der Waals surface area contributed by atoms with Crippen molar-refractivity contribution >= 4 is 40.1 Å². The van der Waals surface area contributed by atoms with Crippen molar-refractivity contribution in [1.29, 1.82) is 0 Å². The molecule has 178 valence electrons.